The molecule has 2 aromatic rings. The first kappa shape index (κ1) is 10.4. The predicted molar refractivity (Wildman–Crippen MR) is 60.5 cm³/mol. The SMILES string of the molecule is Cc1n[nH]c(C)c1-c1ccccc1C(=O)O. The summed E-state index contributed by atoms with van der Waals surface area (Å²) in [4.78, 5) is 11.1. The fourth-order valence-corrected chi connectivity index (χ4v) is 1.84. The molecule has 0 aliphatic rings. The number of carbonyl (C=O) groups is 1. The van der Waals surface area contributed by atoms with Crippen molar-refractivity contribution in [1.82, 2.24) is 10.2 Å². The topological polar surface area (TPSA) is 66.0 Å². The second-order valence-corrected chi connectivity index (χ2v) is 3.66. The van der Waals surface area contributed by atoms with Crippen LogP contribution in [-0.4, -0.2) is 21.3 Å². The Kier molecular flexibility index (Phi) is 2.48. The van der Waals surface area contributed by atoms with Crippen LogP contribution in [0, 0.1) is 13.8 Å². The van der Waals surface area contributed by atoms with E-state index in [9.17, 15) is 4.79 Å². The number of rotatable bonds is 2. The van der Waals surface area contributed by atoms with Gasteiger partial charge < -0.3 is 5.11 Å². The summed E-state index contributed by atoms with van der Waals surface area (Å²) in [5, 5.41) is 16.0. The minimum absolute atomic E-state index is 0.301. The molecule has 0 amide bonds. The zero-order valence-electron chi connectivity index (χ0n) is 9.11. The number of aromatic amines is 1. The summed E-state index contributed by atoms with van der Waals surface area (Å²) in [6.45, 7) is 3.74. The van der Waals surface area contributed by atoms with E-state index < -0.39 is 5.97 Å². The first-order valence-electron chi connectivity index (χ1n) is 4.95. The Bertz CT molecular complexity index is 524. The van der Waals surface area contributed by atoms with Gasteiger partial charge in [-0.2, -0.15) is 5.10 Å². The molecule has 4 heteroatoms. The zero-order chi connectivity index (χ0) is 11.7. The minimum Gasteiger partial charge on any atom is -0.478 e. The van der Waals surface area contributed by atoms with E-state index in [4.69, 9.17) is 5.11 Å². The molecule has 0 unspecified atom stereocenters. The number of aromatic carboxylic acids is 1. The van der Waals surface area contributed by atoms with Crippen molar-refractivity contribution in [3.63, 3.8) is 0 Å². The first-order chi connectivity index (χ1) is 7.61. The second-order valence-electron chi connectivity index (χ2n) is 3.66. The van der Waals surface area contributed by atoms with E-state index in [0.29, 0.717) is 11.1 Å². The van der Waals surface area contributed by atoms with Crippen molar-refractivity contribution in [3.8, 4) is 11.1 Å². The smallest absolute Gasteiger partial charge is 0.336 e. The third kappa shape index (κ3) is 1.58. The molecule has 0 spiro atoms. The number of aryl methyl sites for hydroxylation is 2. The van der Waals surface area contributed by atoms with Gasteiger partial charge in [-0.15, -0.1) is 0 Å². The van der Waals surface area contributed by atoms with E-state index in [2.05, 4.69) is 10.2 Å². The average molecular weight is 216 g/mol. The number of aromatic nitrogens is 2. The Morgan fingerprint density at radius 2 is 2.00 bits per heavy atom. The normalized spacial score (nSPS) is 10.4. The third-order valence-electron chi connectivity index (χ3n) is 2.55. The molecule has 1 heterocycles. The standard InChI is InChI=1S/C12H12N2O2/c1-7-11(8(2)14-13-7)9-5-3-4-6-10(9)12(15)16/h3-6H,1-2H3,(H,13,14)(H,15,16). The average Bonchev–Trinajstić information content (AvgIpc) is 2.58. The van der Waals surface area contributed by atoms with Crippen LogP contribution in [0.4, 0.5) is 0 Å². The molecule has 0 aliphatic carbocycles. The Morgan fingerprint density at radius 3 is 2.56 bits per heavy atom. The van der Waals surface area contributed by atoms with Crippen molar-refractivity contribution in [2.45, 2.75) is 13.8 Å². The highest BCUT2D eigenvalue weighted by molar-refractivity contribution is 5.96. The molecule has 0 aliphatic heterocycles. The lowest BCUT2D eigenvalue weighted by atomic mass is 9.98. The molecule has 0 saturated heterocycles. The predicted octanol–water partition coefficient (Wildman–Crippen LogP) is 2.39. The van der Waals surface area contributed by atoms with Gasteiger partial charge in [0.1, 0.15) is 0 Å². The molecule has 1 aromatic heterocycles. The maximum absolute atomic E-state index is 11.1. The van der Waals surface area contributed by atoms with Crippen LogP contribution in [0.25, 0.3) is 11.1 Å². The van der Waals surface area contributed by atoms with E-state index in [1.54, 1.807) is 18.2 Å². The molecule has 2 rings (SSSR count). The van der Waals surface area contributed by atoms with Gasteiger partial charge in [0.05, 0.1) is 11.3 Å². The Labute approximate surface area is 92.9 Å². The lowest BCUT2D eigenvalue weighted by Crippen LogP contribution is -1.99. The Morgan fingerprint density at radius 1 is 1.31 bits per heavy atom. The van der Waals surface area contributed by atoms with Crippen molar-refractivity contribution in [3.05, 3.63) is 41.2 Å². The maximum Gasteiger partial charge on any atom is 0.336 e. The highest BCUT2D eigenvalue weighted by Gasteiger charge is 2.15. The number of carboxylic acid groups (broad SMARTS) is 1. The fourth-order valence-electron chi connectivity index (χ4n) is 1.84. The number of nitrogens with one attached hydrogen (secondary N) is 1. The van der Waals surface area contributed by atoms with Gasteiger partial charge in [0, 0.05) is 11.3 Å². The molecular weight excluding hydrogens is 204 g/mol. The van der Waals surface area contributed by atoms with Crippen LogP contribution in [0.15, 0.2) is 24.3 Å². The number of hydrogen-bond donors (Lipinski definition) is 2. The molecule has 0 atom stereocenters. The Balaban J connectivity index is 2.69. The van der Waals surface area contributed by atoms with Gasteiger partial charge in [0.15, 0.2) is 0 Å². The largest absolute Gasteiger partial charge is 0.478 e. The molecule has 0 fully saturated rings. The summed E-state index contributed by atoms with van der Waals surface area (Å²) in [6.07, 6.45) is 0. The number of hydrogen-bond acceptors (Lipinski definition) is 2. The van der Waals surface area contributed by atoms with Gasteiger partial charge in [0.2, 0.25) is 0 Å². The van der Waals surface area contributed by atoms with Crippen molar-refractivity contribution in [2.75, 3.05) is 0 Å². The van der Waals surface area contributed by atoms with Crippen LogP contribution in [-0.2, 0) is 0 Å². The monoisotopic (exact) mass is 216 g/mol. The van der Waals surface area contributed by atoms with Gasteiger partial charge in [-0.3, -0.25) is 5.10 Å². The van der Waals surface area contributed by atoms with Crippen LogP contribution in [0.1, 0.15) is 21.7 Å². The molecular formula is C12H12N2O2. The Hall–Kier alpha value is -2.10. The zero-order valence-corrected chi connectivity index (χ0v) is 9.11. The van der Waals surface area contributed by atoms with Crippen molar-refractivity contribution >= 4 is 5.97 Å². The van der Waals surface area contributed by atoms with Gasteiger partial charge in [-0.25, -0.2) is 4.79 Å². The lowest BCUT2D eigenvalue weighted by molar-refractivity contribution is 0.0698. The van der Waals surface area contributed by atoms with E-state index in [0.717, 1.165) is 17.0 Å². The van der Waals surface area contributed by atoms with E-state index in [1.165, 1.54) is 0 Å². The van der Waals surface area contributed by atoms with Crippen molar-refractivity contribution in [2.24, 2.45) is 0 Å². The summed E-state index contributed by atoms with van der Waals surface area (Å²) in [7, 11) is 0. The fraction of sp³-hybridized carbons (Fsp3) is 0.167. The lowest BCUT2D eigenvalue weighted by Gasteiger charge is -2.05. The van der Waals surface area contributed by atoms with E-state index >= 15 is 0 Å². The van der Waals surface area contributed by atoms with Crippen LogP contribution in [0.3, 0.4) is 0 Å². The number of H-pyrrole nitrogens is 1. The molecule has 82 valence electrons. The third-order valence-corrected chi connectivity index (χ3v) is 2.55. The van der Waals surface area contributed by atoms with Crippen LogP contribution < -0.4 is 0 Å². The van der Waals surface area contributed by atoms with Gasteiger partial charge in [-0.1, -0.05) is 18.2 Å². The van der Waals surface area contributed by atoms with E-state index in [-0.39, 0.29) is 0 Å². The summed E-state index contributed by atoms with van der Waals surface area (Å²) < 4.78 is 0. The molecule has 0 bridgehead atoms. The molecule has 0 saturated carbocycles. The molecule has 1 aromatic carbocycles. The summed E-state index contributed by atoms with van der Waals surface area (Å²) >= 11 is 0. The van der Waals surface area contributed by atoms with Crippen LogP contribution in [0.2, 0.25) is 0 Å². The van der Waals surface area contributed by atoms with Gasteiger partial charge in [0.25, 0.3) is 0 Å². The minimum atomic E-state index is -0.921. The number of benzene rings is 1. The summed E-state index contributed by atoms with van der Waals surface area (Å²) in [5.74, 6) is -0.921. The summed E-state index contributed by atoms with van der Waals surface area (Å²) in [6, 6.07) is 6.95. The highest BCUT2D eigenvalue weighted by Crippen LogP contribution is 2.28. The summed E-state index contributed by atoms with van der Waals surface area (Å²) in [5.41, 5.74) is 3.57. The van der Waals surface area contributed by atoms with Gasteiger partial charge in [-0.05, 0) is 25.5 Å². The van der Waals surface area contributed by atoms with Crippen molar-refractivity contribution in [1.29, 1.82) is 0 Å². The maximum atomic E-state index is 11.1. The molecule has 16 heavy (non-hydrogen) atoms. The van der Waals surface area contributed by atoms with Gasteiger partial charge >= 0.3 is 5.97 Å². The molecule has 0 radical (unpaired) electrons. The number of nitrogens with zero attached hydrogens (tertiary/aromatic N) is 1. The second kappa shape index (κ2) is 3.81. The molecule has 4 nitrogen and oxygen atoms in total. The quantitative estimate of drug-likeness (QED) is 0.810. The highest BCUT2D eigenvalue weighted by atomic mass is 16.4. The first-order valence-corrected chi connectivity index (χ1v) is 4.95. The van der Waals surface area contributed by atoms with E-state index in [1.807, 2.05) is 19.9 Å². The molecule has 2 N–H and O–H groups in total. The van der Waals surface area contributed by atoms with Crippen LogP contribution >= 0.6 is 0 Å². The van der Waals surface area contributed by atoms with Crippen molar-refractivity contribution < 1.29 is 9.90 Å². The number of carboxylic acids is 1. The van der Waals surface area contributed by atoms with Crippen LogP contribution in [0.5, 0.6) is 0 Å².